The predicted octanol–water partition coefficient (Wildman–Crippen LogP) is 2.71. The Bertz CT molecular complexity index is 1240. The first-order valence-corrected chi connectivity index (χ1v) is 10.5. The molecule has 8 nitrogen and oxygen atoms in total. The Morgan fingerprint density at radius 1 is 1.03 bits per heavy atom. The van der Waals surface area contributed by atoms with Crippen molar-refractivity contribution in [2.24, 2.45) is 5.92 Å². The molecule has 1 saturated heterocycles. The SMILES string of the molecule is O=C1C(=O)N(Cc2cccnc2)C(c2cccc(O)c2)C1C(=O)c1ccc2c(c1)OCCO2. The van der Waals surface area contributed by atoms with Gasteiger partial charge in [0.15, 0.2) is 17.3 Å². The Balaban J connectivity index is 1.56. The van der Waals surface area contributed by atoms with Crippen molar-refractivity contribution in [1.29, 1.82) is 0 Å². The molecule has 1 aromatic heterocycles. The highest BCUT2D eigenvalue weighted by atomic mass is 16.6. The monoisotopic (exact) mass is 444 g/mol. The molecule has 8 heteroatoms. The lowest BCUT2D eigenvalue weighted by molar-refractivity contribution is -0.141. The molecule has 1 amide bonds. The Morgan fingerprint density at radius 3 is 2.61 bits per heavy atom. The van der Waals surface area contributed by atoms with E-state index >= 15 is 0 Å². The molecule has 2 aliphatic heterocycles. The predicted molar refractivity (Wildman–Crippen MR) is 116 cm³/mol. The third-order valence-electron chi connectivity index (χ3n) is 5.80. The topological polar surface area (TPSA) is 106 Å². The van der Waals surface area contributed by atoms with Crippen LogP contribution in [0.3, 0.4) is 0 Å². The fraction of sp³-hybridized carbons (Fsp3) is 0.200. The molecular weight excluding hydrogens is 424 g/mol. The Morgan fingerprint density at radius 2 is 1.85 bits per heavy atom. The van der Waals surface area contributed by atoms with E-state index in [-0.39, 0.29) is 17.9 Å². The van der Waals surface area contributed by atoms with E-state index in [1.165, 1.54) is 23.1 Å². The van der Waals surface area contributed by atoms with Gasteiger partial charge in [0.1, 0.15) is 24.9 Å². The summed E-state index contributed by atoms with van der Waals surface area (Å²) in [6, 6.07) is 13.6. The maximum Gasteiger partial charge on any atom is 0.291 e. The molecule has 2 aromatic carbocycles. The van der Waals surface area contributed by atoms with E-state index in [1.807, 2.05) is 0 Å². The number of ether oxygens (including phenoxy) is 2. The minimum Gasteiger partial charge on any atom is -0.508 e. The lowest BCUT2D eigenvalue weighted by Crippen LogP contribution is -2.30. The van der Waals surface area contributed by atoms with Crippen molar-refractivity contribution in [3.8, 4) is 17.2 Å². The zero-order valence-electron chi connectivity index (χ0n) is 17.5. The second kappa shape index (κ2) is 8.38. The second-order valence-corrected chi connectivity index (χ2v) is 7.90. The van der Waals surface area contributed by atoms with Gasteiger partial charge in [-0.25, -0.2) is 0 Å². The molecule has 166 valence electrons. The number of amides is 1. The summed E-state index contributed by atoms with van der Waals surface area (Å²) in [5.41, 5.74) is 1.46. The van der Waals surface area contributed by atoms with Crippen molar-refractivity contribution in [3.05, 3.63) is 83.7 Å². The number of pyridine rings is 1. The summed E-state index contributed by atoms with van der Waals surface area (Å²) < 4.78 is 11.1. The number of carbonyl (C=O) groups excluding carboxylic acids is 3. The molecule has 2 atom stereocenters. The van der Waals surface area contributed by atoms with Gasteiger partial charge in [-0.15, -0.1) is 0 Å². The van der Waals surface area contributed by atoms with E-state index in [4.69, 9.17) is 9.47 Å². The van der Waals surface area contributed by atoms with Crippen molar-refractivity contribution in [2.45, 2.75) is 12.6 Å². The van der Waals surface area contributed by atoms with Crippen LogP contribution in [0.4, 0.5) is 0 Å². The van der Waals surface area contributed by atoms with Crippen LogP contribution in [0.5, 0.6) is 17.2 Å². The summed E-state index contributed by atoms with van der Waals surface area (Å²) in [7, 11) is 0. The summed E-state index contributed by atoms with van der Waals surface area (Å²) in [6.07, 6.45) is 3.22. The molecule has 2 aliphatic rings. The lowest BCUT2D eigenvalue weighted by atomic mass is 9.86. The van der Waals surface area contributed by atoms with Crippen LogP contribution in [0.2, 0.25) is 0 Å². The quantitative estimate of drug-likeness (QED) is 0.366. The number of aromatic hydroxyl groups is 1. The first kappa shape index (κ1) is 20.7. The largest absolute Gasteiger partial charge is 0.508 e. The summed E-state index contributed by atoms with van der Waals surface area (Å²) in [5, 5.41) is 10.0. The molecule has 1 N–H and O–H groups in total. The number of likely N-dealkylation sites (tertiary alicyclic amines) is 1. The van der Waals surface area contributed by atoms with Crippen molar-refractivity contribution in [1.82, 2.24) is 9.88 Å². The molecule has 0 radical (unpaired) electrons. The van der Waals surface area contributed by atoms with Gasteiger partial charge >= 0.3 is 0 Å². The van der Waals surface area contributed by atoms with Crippen LogP contribution >= 0.6 is 0 Å². The maximum atomic E-state index is 13.6. The zero-order valence-corrected chi connectivity index (χ0v) is 17.5. The van der Waals surface area contributed by atoms with E-state index < -0.39 is 29.4 Å². The number of fused-ring (bicyclic) bond motifs is 1. The van der Waals surface area contributed by atoms with E-state index in [1.54, 1.807) is 48.8 Å². The van der Waals surface area contributed by atoms with E-state index in [0.29, 0.717) is 30.3 Å². The smallest absolute Gasteiger partial charge is 0.291 e. The van der Waals surface area contributed by atoms with Crippen LogP contribution in [-0.2, 0) is 16.1 Å². The molecule has 0 aliphatic carbocycles. The van der Waals surface area contributed by atoms with Crippen LogP contribution < -0.4 is 9.47 Å². The standard InChI is InChI=1S/C25H20N2O6/c28-18-5-1-4-16(11-18)22-21(23(29)17-6-7-19-20(12-17)33-10-9-32-19)24(30)25(31)27(22)14-15-3-2-8-26-13-15/h1-8,11-13,21-22,28H,9-10,14H2. The van der Waals surface area contributed by atoms with Gasteiger partial charge in [-0.1, -0.05) is 18.2 Å². The van der Waals surface area contributed by atoms with Crippen LogP contribution in [0, 0.1) is 5.92 Å². The van der Waals surface area contributed by atoms with Crippen LogP contribution in [-0.4, -0.2) is 45.7 Å². The van der Waals surface area contributed by atoms with Gasteiger partial charge in [0, 0.05) is 24.5 Å². The van der Waals surface area contributed by atoms with Crippen molar-refractivity contribution < 1.29 is 29.0 Å². The molecule has 0 spiro atoms. The highest BCUT2D eigenvalue weighted by Crippen LogP contribution is 2.41. The number of benzene rings is 2. The van der Waals surface area contributed by atoms with E-state index in [9.17, 15) is 19.5 Å². The highest BCUT2D eigenvalue weighted by molar-refractivity contribution is 6.44. The van der Waals surface area contributed by atoms with Gasteiger partial charge in [-0.3, -0.25) is 19.4 Å². The minimum atomic E-state index is -1.27. The third kappa shape index (κ3) is 3.80. The lowest BCUT2D eigenvalue weighted by Gasteiger charge is -2.27. The number of phenols is 1. The summed E-state index contributed by atoms with van der Waals surface area (Å²) in [5.74, 6) is -2.37. The van der Waals surface area contributed by atoms with Crippen molar-refractivity contribution in [2.75, 3.05) is 13.2 Å². The van der Waals surface area contributed by atoms with Crippen LogP contribution in [0.25, 0.3) is 0 Å². The molecule has 0 bridgehead atoms. The average Bonchev–Trinajstić information content (AvgIpc) is 3.09. The summed E-state index contributed by atoms with van der Waals surface area (Å²) in [4.78, 5) is 45.2. The van der Waals surface area contributed by atoms with Gasteiger partial charge in [0.25, 0.3) is 5.91 Å². The Hall–Kier alpha value is -4.20. The van der Waals surface area contributed by atoms with Crippen LogP contribution in [0.1, 0.15) is 27.5 Å². The average molecular weight is 444 g/mol. The number of carbonyl (C=O) groups is 3. The number of phenolic OH excluding ortho intramolecular Hbond substituents is 1. The number of aromatic nitrogens is 1. The first-order valence-electron chi connectivity index (χ1n) is 10.5. The summed E-state index contributed by atoms with van der Waals surface area (Å²) in [6.45, 7) is 0.874. The number of hydrogen-bond donors (Lipinski definition) is 1. The van der Waals surface area contributed by atoms with Gasteiger partial charge in [0.05, 0.1) is 6.04 Å². The van der Waals surface area contributed by atoms with Gasteiger partial charge in [-0.2, -0.15) is 0 Å². The fourth-order valence-corrected chi connectivity index (χ4v) is 4.30. The first-order chi connectivity index (χ1) is 16.0. The molecule has 0 saturated carbocycles. The number of Topliss-reactive ketones (excluding diaryl/α,β-unsaturated/α-hetero) is 2. The number of hydrogen-bond acceptors (Lipinski definition) is 7. The minimum absolute atomic E-state index is 0.0221. The Kier molecular flexibility index (Phi) is 5.26. The molecule has 1 fully saturated rings. The Labute approximate surface area is 189 Å². The third-order valence-corrected chi connectivity index (χ3v) is 5.80. The summed E-state index contributed by atoms with van der Waals surface area (Å²) >= 11 is 0. The highest BCUT2D eigenvalue weighted by Gasteiger charge is 2.51. The molecule has 3 heterocycles. The van der Waals surface area contributed by atoms with Gasteiger partial charge in [0.2, 0.25) is 5.78 Å². The molecule has 33 heavy (non-hydrogen) atoms. The number of nitrogens with zero attached hydrogens (tertiary/aromatic N) is 2. The maximum absolute atomic E-state index is 13.6. The molecule has 3 aromatic rings. The zero-order chi connectivity index (χ0) is 22.9. The van der Waals surface area contributed by atoms with Gasteiger partial charge < -0.3 is 19.5 Å². The van der Waals surface area contributed by atoms with E-state index in [2.05, 4.69) is 4.98 Å². The van der Waals surface area contributed by atoms with Crippen LogP contribution in [0.15, 0.2) is 67.0 Å². The van der Waals surface area contributed by atoms with Crippen molar-refractivity contribution >= 4 is 17.5 Å². The molecule has 5 rings (SSSR count). The van der Waals surface area contributed by atoms with Crippen molar-refractivity contribution in [3.63, 3.8) is 0 Å². The molecular formula is C25H20N2O6. The fourth-order valence-electron chi connectivity index (χ4n) is 4.30. The van der Waals surface area contributed by atoms with E-state index in [0.717, 1.165) is 5.56 Å². The molecule has 2 unspecified atom stereocenters. The number of ketones is 2. The normalized spacial score (nSPS) is 19.6. The second-order valence-electron chi connectivity index (χ2n) is 7.90. The number of rotatable bonds is 5. The van der Waals surface area contributed by atoms with Gasteiger partial charge in [-0.05, 0) is 47.5 Å².